The number of anilines is 1. The number of benzene rings is 1. The first-order valence-electron chi connectivity index (χ1n) is 7.12. The molecule has 0 bridgehead atoms. The van der Waals surface area contributed by atoms with Crippen LogP contribution >= 0.6 is 11.8 Å². The molecule has 23 heavy (non-hydrogen) atoms. The van der Waals surface area contributed by atoms with Crippen molar-refractivity contribution in [1.82, 2.24) is 4.90 Å². The molecule has 0 aliphatic carbocycles. The Morgan fingerprint density at radius 1 is 1.35 bits per heavy atom. The molecule has 0 radical (unpaired) electrons. The molecule has 1 aromatic carbocycles. The molecule has 2 rings (SSSR count). The first-order chi connectivity index (χ1) is 11.1. The van der Waals surface area contributed by atoms with Crippen LogP contribution in [0.1, 0.15) is 0 Å². The zero-order valence-corrected chi connectivity index (χ0v) is 13.6. The fourth-order valence-electron chi connectivity index (χ4n) is 2.05. The molecule has 0 aromatic heterocycles. The first-order valence-corrected chi connectivity index (χ1v) is 8.27. The maximum Gasteiger partial charge on any atom is 0.249 e. The van der Waals surface area contributed by atoms with E-state index >= 15 is 0 Å². The number of ether oxygens (including phenoxy) is 2. The minimum Gasteiger partial charge on any atom is -0.382 e. The molecule has 6 nitrogen and oxygen atoms in total. The molecule has 2 amide bonds. The third-order valence-corrected chi connectivity index (χ3v) is 4.29. The summed E-state index contributed by atoms with van der Waals surface area (Å²) in [6, 6.07) is 4.95. The maximum atomic E-state index is 12.9. The summed E-state index contributed by atoms with van der Waals surface area (Å²) in [7, 11) is 1.55. The van der Waals surface area contributed by atoms with E-state index in [1.165, 1.54) is 40.9 Å². The summed E-state index contributed by atoms with van der Waals surface area (Å²) in [5, 5.41) is 2.70. The molecular weight excluding hydrogens is 323 g/mol. The van der Waals surface area contributed by atoms with Gasteiger partial charge in [-0.15, -0.1) is 11.8 Å². The highest BCUT2D eigenvalue weighted by Crippen LogP contribution is 2.22. The second kappa shape index (κ2) is 8.85. The summed E-state index contributed by atoms with van der Waals surface area (Å²) >= 11 is 1.51. The largest absolute Gasteiger partial charge is 0.382 e. The van der Waals surface area contributed by atoms with E-state index < -0.39 is 6.04 Å². The Balaban J connectivity index is 1.88. The lowest BCUT2D eigenvalue weighted by molar-refractivity contribution is -0.140. The van der Waals surface area contributed by atoms with Crippen LogP contribution in [0.3, 0.4) is 0 Å². The monoisotopic (exact) mass is 342 g/mol. The Hall–Kier alpha value is -1.64. The molecule has 1 aliphatic rings. The van der Waals surface area contributed by atoms with Crippen LogP contribution in [0, 0.1) is 5.82 Å². The second-order valence-corrected chi connectivity index (χ2v) is 5.92. The number of carbonyl (C=O) groups excluding carboxylic acids is 2. The number of thioether (sulfide) groups is 1. The van der Waals surface area contributed by atoms with E-state index in [1.54, 1.807) is 7.11 Å². The van der Waals surface area contributed by atoms with Crippen molar-refractivity contribution in [3.8, 4) is 0 Å². The Kier molecular flexibility index (Phi) is 6.82. The van der Waals surface area contributed by atoms with Crippen LogP contribution in [-0.2, 0) is 19.1 Å². The van der Waals surface area contributed by atoms with Gasteiger partial charge in [0, 0.05) is 18.6 Å². The molecular formula is C15H19FN2O4S. The third-order valence-electron chi connectivity index (χ3n) is 3.27. The number of nitrogens with zero attached hydrogens (tertiary/aromatic N) is 1. The Morgan fingerprint density at radius 2 is 2.09 bits per heavy atom. The van der Waals surface area contributed by atoms with Crippen molar-refractivity contribution in [2.45, 2.75) is 6.04 Å². The van der Waals surface area contributed by atoms with Crippen molar-refractivity contribution in [1.29, 1.82) is 0 Å². The Morgan fingerprint density at radius 3 is 2.78 bits per heavy atom. The van der Waals surface area contributed by atoms with Crippen LogP contribution in [0.2, 0.25) is 0 Å². The molecule has 0 unspecified atom stereocenters. The number of hydrogen-bond acceptors (Lipinski definition) is 5. The van der Waals surface area contributed by atoms with Crippen molar-refractivity contribution >= 4 is 29.3 Å². The van der Waals surface area contributed by atoms with Gasteiger partial charge in [-0.1, -0.05) is 0 Å². The van der Waals surface area contributed by atoms with Crippen molar-refractivity contribution < 1.29 is 23.5 Å². The summed E-state index contributed by atoms with van der Waals surface area (Å²) in [6.45, 7) is 0.663. The molecule has 126 valence electrons. The molecule has 1 atom stereocenters. The molecule has 1 N–H and O–H groups in total. The lowest BCUT2D eigenvalue weighted by Crippen LogP contribution is -2.46. The molecule has 8 heteroatoms. The van der Waals surface area contributed by atoms with Gasteiger partial charge in [-0.05, 0) is 24.3 Å². The summed E-state index contributed by atoms with van der Waals surface area (Å²) in [4.78, 5) is 26.0. The fraction of sp³-hybridized carbons (Fsp3) is 0.467. The molecule has 0 saturated carbocycles. The van der Waals surface area contributed by atoms with Crippen molar-refractivity contribution in [2.75, 3.05) is 43.9 Å². The number of halogens is 1. The number of methoxy groups -OCH3 is 1. The van der Waals surface area contributed by atoms with Gasteiger partial charge in [0.1, 0.15) is 18.5 Å². The van der Waals surface area contributed by atoms with Gasteiger partial charge in [-0.25, -0.2) is 4.39 Å². The van der Waals surface area contributed by atoms with E-state index in [1.807, 2.05) is 0 Å². The fourth-order valence-corrected chi connectivity index (χ4v) is 3.23. The number of carbonyl (C=O) groups is 2. The van der Waals surface area contributed by atoms with E-state index in [-0.39, 0.29) is 24.2 Å². The summed E-state index contributed by atoms with van der Waals surface area (Å²) in [5.41, 5.74) is 0.497. The minimum absolute atomic E-state index is 0.0791. The van der Waals surface area contributed by atoms with Gasteiger partial charge < -0.3 is 19.7 Å². The zero-order valence-electron chi connectivity index (χ0n) is 12.8. The van der Waals surface area contributed by atoms with E-state index in [0.717, 1.165) is 0 Å². The summed E-state index contributed by atoms with van der Waals surface area (Å²) in [6.07, 6.45) is 0. The average Bonchev–Trinajstić information content (AvgIpc) is 3.03. The average molecular weight is 342 g/mol. The third kappa shape index (κ3) is 5.19. The molecule has 1 aliphatic heterocycles. The lowest BCUT2D eigenvalue weighted by atomic mass is 10.2. The number of hydrogen-bond donors (Lipinski definition) is 1. The molecule has 1 saturated heterocycles. The number of rotatable bonds is 7. The van der Waals surface area contributed by atoms with Gasteiger partial charge in [0.05, 0.1) is 19.1 Å². The van der Waals surface area contributed by atoms with Crippen LogP contribution < -0.4 is 5.32 Å². The highest BCUT2D eigenvalue weighted by atomic mass is 32.2. The highest BCUT2D eigenvalue weighted by molar-refractivity contribution is 7.99. The van der Waals surface area contributed by atoms with Gasteiger partial charge in [-0.3, -0.25) is 9.59 Å². The van der Waals surface area contributed by atoms with Gasteiger partial charge in [-0.2, -0.15) is 0 Å². The highest BCUT2D eigenvalue weighted by Gasteiger charge is 2.34. The molecule has 1 fully saturated rings. The topological polar surface area (TPSA) is 67.9 Å². The van der Waals surface area contributed by atoms with Gasteiger partial charge >= 0.3 is 0 Å². The molecule has 1 aromatic rings. The Labute approximate surface area is 138 Å². The van der Waals surface area contributed by atoms with Crippen LogP contribution in [0.25, 0.3) is 0 Å². The van der Waals surface area contributed by atoms with Crippen LogP contribution in [0.15, 0.2) is 24.3 Å². The van der Waals surface area contributed by atoms with Crippen LogP contribution in [0.4, 0.5) is 10.1 Å². The number of amides is 2. The Bertz CT molecular complexity index is 541. The number of nitrogens with one attached hydrogen (secondary N) is 1. The van der Waals surface area contributed by atoms with E-state index in [4.69, 9.17) is 9.47 Å². The van der Waals surface area contributed by atoms with Gasteiger partial charge in [0.2, 0.25) is 11.8 Å². The maximum absolute atomic E-state index is 12.9. The van der Waals surface area contributed by atoms with Gasteiger partial charge in [0.15, 0.2) is 0 Å². The minimum atomic E-state index is -0.552. The van der Waals surface area contributed by atoms with E-state index in [9.17, 15) is 14.0 Å². The van der Waals surface area contributed by atoms with Gasteiger partial charge in [0.25, 0.3) is 0 Å². The lowest BCUT2D eigenvalue weighted by Gasteiger charge is -2.23. The molecule has 1 heterocycles. The van der Waals surface area contributed by atoms with E-state index in [0.29, 0.717) is 30.5 Å². The van der Waals surface area contributed by atoms with Crippen molar-refractivity contribution in [2.24, 2.45) is 0 Å². The normalized spacial score (nSPS) is 17.3. The SMILES string of the molecule is COCCOCC(=O)N1CSC[C@H]1C(=O)Nc1ccc(F)cc1. The zero-order chi connectivity index (χ0) is 16.7. The quantitative estimate of drug-likeness (QED) is 0.757. The van der Waals surface area contributed by atoms with Crippen molar-refractivity contribution in [3.63, 3.8) is 0 Å². The second-order valence-electron chi connectivity index (χ2n) is 4.92. The van der Waals surface area contributed by atoms with Crippen molar-refractivity contribution in [3.05, 3.63) is 30.1 Å². The van der Waals surface area contributed by atoms with Crippen LogP contribution in [-0.4, -0.2) is 61.3 Å². The summed E-state index contributed by atoms with van der Waals surface area (Å²) in [5.74, 6) is 0.0896. The summed E-state index contributed by atoms with van der Waals surface area (Å²) < 4.78 is 22.9. The predicted octanol–water partition coefficient (Wildman–Crippen LogP) is 1.33. The first kappa shape index (κ1) is 17.7. The predicted molar refractivity (Wildman–Crippen MR) is 85.7 cm³/mol. The standard InChI is InChI=1S/C15H19FN2O4S/c1-21-6-7-22-8-14(19)18-10-23-9-13(18)15(20)17-12-4-2-11(16)3-5-12/h2-5,13H,6-10H2,1H3,(H,17,20)/t13-/m0/s1. The smallest absolute Gasteiger partial charge is 0.249 e. The molecule has 0 spiro atoms. The van der Waals surface area contributed by atoms with Crippen LogP contribution in [0.5, 0.6) is 0 Å². The van der Waals surface area contributed by atoms with E-state index in [2.05, 4.69) is 5.32 Å².